The highest BCUT2D eigenvalue weighted by Crippen LogP contribution is 2.46. The number of cyclic esters (lactones) is 1. The van der Waals surface area contributed by atoms with Gasteiger partial charge in [0.1, 0.15) is 42.3 Å². The first-order valence-electron chi connectivity index (χ1n) is 30.9. The van der Waals surface area contributed by atoms with Crippen LogP contribution in [0.25, 0.3) is 0 Å². The van der Waals surface area contributed by atoms with E-state index in [0.717, 1.165) is 29.8 Å². The van der Waals surface area contributed by atoms with Gasteiger partial charge in [0.15, 0.2) is 5.78 Å². The van der Waals surface area contributed by atoms with Crippen molar-refractivity contribution in [3.63, 3.8) is 0 Å². The number of likely N-dealkylation sites (tertiary alicyclic amines) is 1. The second-order valence-electron chi connectivity index (χ2n) is 25.5. The van der Waals surface area contributed by atoms with Gasteiger partial charge in [0, 0.05) is 76.8 Å². The number of aromatic nitrogens is 1. The Morgan fingerprint density at radius 1 is 0.918 bits per heavy atom. The summed E-state index contributed by atoms with van der Waals surface area (Å²) in [7, 11) is 4.51. The highest BCUT2D eigenvalue weighted by Gasteiger charge is 2.57. The van der Waals surface area contributed by atoms with Crippen LogP contribution >= 0.6 is 0 Å². The molecule has 85 heavy (non-hydrogen) atoms. The summed E-state index contributed by atoms with van der Waals surface area (Å²) in [4.78, 5) is 96.8. The van der Waals surface area contributed by atoms with E-state index in [9.17, 15) is 39.0 Å². The molecule has 0 spiro atoms. The fourth-order valence-electron chi connectivity index (χ4n) is 13.7. The van der Waals surface area contributed by atoms with E-state index >= 15 is 0 Å². The number of methoxy groups -OCH3 is 3. The molecule has 5 aliphatic rings. The van der Waals surface area contributed by atoms with E-state index in [1.54, 1.807) is 47.3 Å². The zero-order valence-electron chi connectivity index (χ0n) is 52.2. The molecule has 7 rings (SSSR count). The lowest BCUT2D eigenvalue weighted by Crippen LogP contribution is -2.65. The summed E-state index contributed by atoms with van der Waals surface area (Å²) in [5.41, 5.74) is 2.08. The molecule has 1 aromatic carbocycles. The number of benzene rings is 1. The van der Waals surface area contributed by atoms with Gasteiger partial charge in [0.25, 0.3) is 11.7 Å². The number of hydroxylamine groups is 1. The molecule has 1 aliphatic carbocycles. The zero-order chi connectivity index (χ0) is 61.9. The number of anilines is 1. The van der Waals surface area contributed by atoms with E-state index < -0.39 is 107 Å². The number of carbonyl (C=O) groups is 6. The number of aliphatic hydroxyl groups excluding tert-OH is 1. The number of ether oxygens (including phenoxy) is 6. The number of Topliss-reactive ketones (excluding diaryl/α,β-unsaturated/α-hetero) is 3. The van der Waals surface area contributed by atoms with Crippen molar-refractivity contribution in [2.45, 2.75) is 212 Å². The smallest absolute Gasteiger partial charge is 0.329 e. The lowest BCUT2D eigenvalue weighted by Gasteiger charge is -2.50. The van der Waals surface area contributed by atoms with E-state index in [0.29, 0.717) is 69.3 Å². The fraction of sp³-hybridized carbons (Fsp3) is 0.657. The number of pyridine rings is 1. The number of ketones is 3. The Labute approximate surface area is 503 Å². The van der Waals surface area contributed by atoms with Gasteiger partial charge in [-0.15, -0.1) is 0 Å². The SMILES string of the molecule is CCC[C@H](C)C1C=CC(/C=C(\C)[C@H](C[C@@H]2CCC(C)C(O)(C(=O)C(=O)N3CCCC4C3C(=O)O[C@@H](CC(=O)[C@H](C)/C=C(\C)C(O)[C@@H](OC)C(C)=O)[C@H]4C[C@@H]3CCC(OC(=O)C(C)(C)Cc4ccccn4)[C@H](OC)C3)O2)OC)ON1c1ccccc1. The van der Waals surface area contributed by atoms with Crippen molar-refractivity contribution in [1.29, 1.82) is 0 Å². The average molecular weight is 1180 g/mol. The van der Waals surface area contributed by atoms with E-state index in [1.807, 2.05) is 80.4 Å². The van der Waals surface area contributed by atoms with Crippen LogP contribution in [0.5, 0.6) is 0 Å². The number of aliphatic hydroxyl groups is 2. The second-order valence-corrected chi connectivity index (χ2v) is 25.5. The molecule has 4 aliphatic heterocycles. The maximum absolute atomic E-state index is 14.9. The van der Waals surface area contributed by atoms with Crippen LogP contribution in [-0.2, 0) is 68.4 Å². The topological polar surface area (TPSA) is 227 Å². The Morgan fingerprint density at radius 2 is 1.65 bits per heavy atom. The molecule has 5 heterocycles. The Morgan fingerprint density at radius 3 is 2.31 bits per heavy atom. The molecule has 0 radical (unpaired) electrons. The first-order valence-corrected chi connectivity index (χ1v) is 30.9. The quantitative estimate of drug-likeness (QED) is 0.0509. The molecule has 4 fully saturated rings. The van der Waals surface area contributed by atoms with Gasteiger partial charge in [-0.25, -0.2) is 9.86 Å². The van der Waals surface area contributed by atoms with Gasteiger partial charge in [-0.1, -0.05) is 76.6 Å². The normalized spacial score (nSPS) is 30.3. The van der Waals surface area contributed by atoms with Gasteiger partial charge in [-0.05, 0) is 152 Å². The van der Waals surface area contributed by atoms with E-state index in [2.05, 4.69) is 31.0 Å². The van der Waals surface area contributed by atoms with Crippen LogP contribution in [0.4, 0.5) is 5.69 Å². The number of fused-ring (bicyclic) bond motifs is 1. The number of amides is 1. The third-order valence-corrected chi connectivity index (χ3v) is 18.7. The number of carbonyl (C=O) groups excluding carboxylic acids is 6. The molecule has 468 valence electrons. The number of nitrogens with zero attached hydrogens (tertiary/aromatic N) is 3. The standard InChI is InChI=1S/C67H95N3O15/c1-13-20-40(2)53-29-28-50(85-70(53)48-22-15-14-16-23-48)34-42(4)56(79-10)37-49-27-25-44(6)67(78,84-49)62(74)63(75)69-32-19-24-51-52(57(82-64(76)59(51)69)38-54(72)41(3)33-43(5)60(73)61(81-12)45(7)71)35-46-26-30-55(58(36-46)80-11)83-65(77)66(8,9)39-47-21-17-18-31-68-47/h14-18,21-23,28-29,31,33-34,40-41,44,46,49-53,55-61,73,78H,13,19-20,24-27,30,32,35-39H2,1-12H3/b42-34+,43-33+/t40-,41+,44?,46-,49-,50?,51?,52-,53?,55?,56-,57-,58+,59?,60?,61-,67?/m0/s1. The highest BCUT2D eigenvalue weighted by atomic mass is 16.7. The van der Waals surface area contributed by atoms with Crippen molar-refractivity contribution in [2.75, 3.05) is 32.9 Å². The Bertz CT molecular complexity index is 2700. The molecule has 1 amide bonds. The van der Waals surface area contributed by atoms with E-state index in [-0.39, 0.29) is 48.9 Å². The Kier molecular flexibility index (Phi) is 23.6. The van der Waals surface area contributed by atoms with Crippen LogP contribution < -0.4 is 5.06 Å². The number of allylic oxidation sites excluding steroid dienone is 1. The van der Waals surface area contributed by atoms with Crippen LogP contribution in [0.3, 0.4) is 0 Å². The van der Waals surface area contributed by atoms with Crippen LogP contribution in [-0.4, -0.2) is 150 Å². The summed E-state index contributed by atoms with van der Waals surface area (Å²) < 4.78 is 36.2. The maximum atomic E-state index is 14.9. The number of hydrogen-bond acceptors (Lipinski definition) is 17. The summed E-state index contributed by atoms with van der Waals surface area (Å²) in [5, 5.41) is 25.3. The molecular formula is C67H95N3O15. The molecule has 18 nitrogen and oxygen atoms in total. The van der Waals surface area contributed by atoms with Gasteiger partial charge in [0.2, 0.25) is 5.79 Å². The maximum Gasteiger partial charge on any atom is 0.329 e. The molecular weight excluding hydrogens is 1090 g/mol. The molecule has 3 saturated heterocycles. The molecule has 2 N–H and O–H groups in total. The predicted octanol–water partition coefficient (Wildman–Crippen LogP) is 9.03. The zero-order valence-corrected chi connectivity index (χ0v) is 52.2. The average Bonchev–Trinajstić information content (AvgIpc) is 1.06. The van der Waals surface area contributed by atoms with Crippen molar-refractivity contribution in [3.05, 3.63) is 95.9 Å². The number of hydrogen-bond donors (Lipinski definition) is 2. The van der Waals surface area contributed by atoms with Gasteiger partial charge in [-0.3, -0.25) is 33.8 Å². The summed E-state index contributed by atoms with van der Waals surface area (Å²) in [6.45, 7) is 16.4. The molecule has 1 aromatic heterocycles. The number of para-hydroxylation sites is 1. The lowest BCUT2D eigenvalue weighted by atomic mass is 9.68. The van der Waals surface area contributed by atoms with Crippen molar-refractivity contribution in [2.24, 2.45) is 40.9 Å². The van der Waals surface area contributed by atoms with Crippen LogP contribution in [0.2, 0.25) is 0 Å². The minimum Gasteiger partial charge on any atom is -0.460 e. The molecule has 17 atom stereocenters. The van der Waals surface area contributed by atoms with Gasteiger partial charge >= 0.3 is 11.9 Å². The lowest BCUT2D eigenvalue weighted by molar-refractivity contribution is -0.266. The highest BCUT2D eigenvalue weighted by molar-refractivity contribution is 6.39. The van der Waals surface area contributed by atoms with Crippen molar-refractivity contribution in [3.8, 4) is 0 Å². The molecule has 1 saturated carbocycles. The third kappa shape index (κ3) is 16.2. The summed E-state index contributed by atoms with van der Waals surface area (Å²) in [5.74, 6) is -8.75. The Hall–Kier alpha value is -5.47. The first-order chi connectivity index (χ1) is 40.4. The first kappa shape index (κ1) is 67.0. The molecule has 18 heteroatoms. The minimum atomic E-state index is -2.51. The largest absolute Gasteiger partial charge is 0.460 e. The molecule has 0 bridgehead atoms. The monoisotopic (exact) mass is 1180 g/mol. The van der Waals surface area contributed by atoms with Crippen LogP contribution in [0.15, 0.2) is 90.2 Å². The minimum absolute atomic E-state index is 0.0397. The fourth-order valence-corrected chi connectivity index (χ4v) is 13.7. The van der Waals surface area contributed by atoms with Gasteiger partial charge in [-0.2, -0.15) is 0 Å². The second kappa shape index (κ2) is 30.0. The number of esters is 2. The summed E-state index contributed by atoms with van der Waals surface area (Å²) >= 11 is 0. The molecule has 2 aromatic rings. The van der Waals surface area contributed by atoms with E-state index in [1.165, 1.54) is 18.9 Å². The Balaban J connectivity index is 1.08. The predicted molar refractivity (Wildman–Crippen MR) is 319 cm³/mol. The summed E-state index contributed by atoms with van der Waals surface area (Å²) in [6.07, 6.45) is 10.0. The van der Waals surface area contributed by atoms with Crippen molar-refractivity contribution >= 4 is 40.9 Å². The van der Waals surface area contributed by atoms with Crippen LogP contribution in [0.1, 0.15) is 145 Å². The summed E-state index contributed by atoms with van der Waals surface area (Å²) in [6, 6.07) is 14.4. The van der Waals surface area contributed by atoms with Gasteiger partial charge < -0.3 is 43.5 Å². The number of piperidine rings is 1. The van der Waals surface area contributed by atoms with Gasteiger partial charge in [0.05, 0.1) is 35.5 Å². The number of rotatable bonds is 26. The van der Waals surface area contributed by atoms with Crippen molar-refractivity contribution < 1.29 is 72.2 Å². The van der Waals surface area contributed by atoms with E-state index in [4.69, 9.17) is 33.3 Å². The van der Waals surface area contributed by atoms with Crippen LogP contribution in [0, 0.1) is 40.9 Å². The van der Waals surface area contributed by atoms with Crippen molar-refractivity contribution in [1.82, 2.24) is 9.88 Å². The third-order valence-electron chi connectivity index (χ3n) is 18.7. The molecule has 8 unspecified atom stereocenters.